The maximum Gasteiger partial charge on any atom is 0.101 e. The average Bonchev–Trinajstić information content (AvgIpc) is 2.46. The Bertz CT molecular complexity index is 682. The third-order valence-corrected chi connectivity index (χ3v) is 2.72. The number of hydrogen-bond acceptors (Lipinski definition) is 2. The number of hydrogen-bond donors (Lipinski definition) is 0. The van der Waals surface area contributed by atoms with Crippen molar-refractivity contribution in [2.75, 3.05) is 0 Å². The zero-order valence-electron chi connectivity index (χ0n) is 9.75. The molecule has 1 radical (unpaired) electrons. The van der Waals surface area contributed by atoms with E-state index in [1.54, 1.807) is 0 Å². The van der Waals surface area contributed by atoms with Gasteiger partial charge in [-0.05, 0) is 17.5 Å². The van der Waals surface area contributed by atoms with E-state index in [-0.39, 0.29) is 0 Å². The summed E-state index contributed by atoms with van der Waals surface area (Å²) in [4.78, 5) is 0. The topological polar surface area (TPSA) is 24.7 Å². The largest absolute Gasteiger partial charge is 0.151 e. The molecule has 2 nitrogen and oxygen atoms in total. The third kappa shape index (κ3) is 2.13. The Morgan fingerprint density at radius 2 is 1.50 bits per heavy atom. The van der Waals surface area contributed by atoms with Crippen molar-refractivity contribution in [3.63, 3.8) is 0 Å². The minimum Gasteiger partial charge on any atom is -0.151 e. The highest BCUT2D eigenvalue weighted by Crippen LogP contribution is 2.26. The van der Waals surface area contributed by atoms with Crippen LogP contribution in [-0.4, -0.2) is 0 Å². The lowest BCUT2D eigenvalue weighted by molar-refractivity contribution is 1.24. The van der Waals surface area contributed by atoms with E-state index < -0.39 is 0 Å². The number of rotatable bonds is 2. The Morgan fingerprint density at radius 3 is 2.39 bits per heavy atom. The Morgan fingerprint density at radius 1 is 0.722 bits per heavy atom. The van der Waals surface area contributed by atoms with Crippen molar-refractivity contribution >= 4 is 22.1 Å². The maximum atomic E-state index is 4.27. The van der Waals surface area contributed by atoms with Crippen LogP contribution in [0.3, 0.4) is 0 Å². The molecule has 0 atom stereocenters. The van der Waals surface area contributed by atoms with Crippen LogP contribution in [0.15, 0.2) is 77.0 Å². The summed E-state index contributed by atoms with van der Waals surface area (Å²) in [6.45, 7) is 0. The Hall–Kier alpha value is -2.48. The molecule has 0 aliphatic rings. The van der Waals surface area contributed by atoms with Crippen LogP contribution in [0.5, 0.6) is 0 Å². The quantitative estimate of drug-likeness (QED) is 0.551. The molecule has 0 saturated heterocycles. The summed E-state index contributed by atoms with van der Waals surface area (Å²) in [7, 11) is 0. The SMILES string of the molecule is [c]1ccc2ccccc2c1N=Nc1ccccc1. The van der Waals surface area contributed by atoms with Crippen molar-refractivity contribution < 1.29 is 0 Å². The highest BCUT2D eigenvalue weighted by Gasteiger charge is 1.98. The van der Waals surface area contributed by atoms with E-state index >= 15 is 0 Å². The van der Waals surface area contributed by atoms with Gasteiger partial charge in [0.05, 0.1) is 5.69 Å². The number of azo groups is 1. The normalized spacial score (nSPS) is 11.1. The van der Waals surface area contributed by atoms with E-state index in [0.717, 1.165) is 22.1 Å². The fourth-order valence-corrected chi connectivity index (χ4v) is 1.83. The van der Waals surface area contributed by atoms with Crippen LogP contribution in [-0.2, 0) is 0 Å². The standard InChI is InChI=1S/C16H11N2/c1-2-9-14(10-3-1)17-18-16-12-6-8-13-7-4-5-11-15(13)16/h1-11H. The molecule has 3 aromatic rings. The molecule has 0 amide bonds. The highest BCUT2D eigenvalue weighted by molar-refractivity contribution is 5.91. The van der Waals surface area contributed by atoms with E-state index in [1.165, 1.54) is 0 Å². The van der Waals surface area contributed by atoms with Gasteiger partial charge < -0.3 is 0 Å². The van der Waals surface area contributed by atoms with Gasteiger partial charge in [0.1, 0.15) is 5.69 Å². The molecule has 0 spiro atoms. The first-order valence-electron chi connectivity index (χ1n) is 5.80. The van der Waals surface area contributed by atoms with Gasteiger partial charge in [-0.2, -0.15) is 5.11 Å². The third-order valence-electron chi connectivity index (χ3n) is 2.72. The van der Waals surface area contributed by atoms with Crippen LogP contribution in [0.25, 0.3) is 10.8 Å². The first-order chi connectivity index (χ1) is 8.93. The molecule has 2 heteroatoms. The number of fused-ring (bicyclic) bond motifs is 1. The number of benzene rings is 3. The molecule has 3 rings (SSSR count). The van der Waals surface area contributed by atoms with Gasteiger partial charge in [-0.15, -0.1) is 5.11 Å². The van der Waals surface area contributed by atoms with E-state index in [9.17, 15) is 0 Å². The zero-order chi connectivity index (χ0) is 12.2. The van der Waals surface area contributed by atoms with Gasteiger partial charge in [0.25, 0.3) is 0 Å². The molecule has 0 aromatic heterocycles. The summed E-state index contributed by atoms with van der Waals surface area (Å²) in [5.41, 5.74) is 1.62. The van der Waals surface area contributed by atoms with E-state index in [4.69, 9.17) is 0 Å². The van der Waals surface area contributed by atoms with Gasteiger partial charge in [-0.3, -0.25) is 0 Å². The molecular formula is C16H11N2. The van der Waals surface area contributed by atoms with Crippen molar-refractivity contribution in [3.8, 4) is 0 Å². The molecule has 18 heavy (non-hydrogen) atoms. The molecule has 0 aliphatic heterocycles. The lowest BCUT2D eigenvalue weighted by Gasteiger charge is -1.99. The van der Waals surface area contributed by atoms with Gasteiger partial charge in [-0.25, -0.2) is 0 Å². The molecular weight excluding hydrogens is 220 g/mol. The molecule has 0 heterocycles. The Kier molecular flexibility index (Phi) is 2.84. The van der Waals surface area contributed by atoms with Gasteiger partial charge >= 0.3 is 0 Å². The van der Waals surface area contributed by atoms with Crippen LogP contribution < -0.4 is 0 Å². The van der Waals surface area contributed by atoms with Crippen molar-refractivity contribution in [1.82, 2.24) is 0 Å². The lowest BCUT2D eigenvalue weighted by atomic mass is 10.1. The monoisotopic (exact) mass is 231 g/mol. The van der Waals surface area contributed by atoms with Crippen LogP contribution in [0, 0.1) is 6.07 Å². The predicted octanol–water partition coefficient (Wildman–Crippen LogP) is 5.06. The summed E-state index contributed by atoms with van der Waals surface area (Å²) in [6, 6.07) is 24.8. The molecule has 0 saturated carbocycles. The average molecular weight is 231 g/mol. The Labute approximate surface area is 106 Å². The molecule has 3 aromatic carbocycles. The molecule has 0 N–H and O–H groups in total. The predicted molar refractivity (Wildman–Crippen MR) is 73.4 cm³/mol. The minimum atomic E-state index is 0.775. The van der Waals surface area contributed by atoms with Crippen LogP contribution >= 0.6 is 0 Å². The first kappa shape index (κ1) is 10.7. The highest BCUT2D eigenvalue weighted by atomic mass is 15.1. The van der Waals surface area contributed by atoms with Crippen molar-refractivity contribution in [3.05, 3.63) is 72.8 Å². The van der Waals surface area contributed by atoms with Gasteiger partial charge in [-0.1, -0.05) is 54.6 Å². The molecule has 0 fully saturated rings. The first-order valence-corrected chi connectivity index (χ1v) is 5.80. The van der Waals surface area contributed by atoms with E-state index in [1.807, 2.05) is 60.7 Å². The zero-order valence-corrected chi connectivity index (χ0v) is 9.75. The molecule has 85 valence electrons. The summed E-state index contributed by atoms with van der Waals surface area (Å²) < 4.78 is 0. The molecule has 0 aliphatic carbocycles. The summed E-state index contributed by atoms with van der Waals surface area (Å²) in [6.07, 6.45) is 0. The summed E-state index contributed by atoms with van der Waals surface area (Å²) in [5.74, 6) is 0. The Balaban J connectivity index is 2.03. The molecule has 0 bridgehead atoms. The van der Waals surface area contributed by atoms with Crippen molar-refractivity contribution in [1.29, 1.82) is 0 Å². The fraction of sp³-hybridized carbons (Fsp3) is 0. The second-order valence-corrected chi connectivity index (χ2v) is 3.95. The lowest BCUT2D eigenvalue weighted by Crippen LogP contribution is -1.72. The van der Waals surface area contributed by atoms with Crippen LogP contribution in [0.2, 0.25) is 0 Å². The second-order valence-electron chi connectivity index (χ2n) is 3.95. The van der Waals surface area contributed by atoms with Crippen molar-refractivity contribution in [2.45, 2.75) is 0 Å². The fourth-order valence-electron chi connectivity index (χ4n) is 1.83. The van der Waals surface area contributed by atoms with E-state index in [2.05, 4.69) is 22.4 Å². The van der Waals surface area contributed by atoms with Crippen LogP contribution in [0.1, 0.15) is 0 Å². The summed E-state index contributed by atoms with van der Waals surface area (Å²) in [5, 5.41) is 10.7. The maximum absolute atomic E-state index is 4.27. The number of nitrogens with zero attached hydrogens (tertiary/aromatic N) is 2. The summed E-state index contributed by atoms with van der Waals surface area (Å²) >= 11 is 0. The van der Waals surface area contributed by atoms with E-state index in [0.29, 0.717) is 0 Å². The van der Waals surface area contributed by atoms with Crippen LogP contribution in [0.4, 0.5) is 11.4 Å². The van der Waals surface area contributed by atoms with Gasteiger partial charge in [0.2, 0.25) is 0 Å². The minimum absolute atomic E-state index is 0.775. The van der Waals surface area contributed by atoms with Gasteiger partial charge in [0.15, 0.2) is 0 Å². The van der Waals surface area contributed by atoms with Gasteiger partial charge in [0, 0.05) is 11.5 Å². The smallest absolute Gasteiger partial charge is 0.101 e. The second kappa shape index (κ2) is 4.80. The van der Waals surface area contributed by atoms with Crippen molar-refractivity contribution in [2.24, 2.45) is 10.2 Å². The molecule has 0 unspecified atom stereocenters.